The van der Waals surface area contributed by atoms with E-state index in [2.05, 4.69) is 5.32 Å². The standard InChI is InChI=1S/C12H15NO6/c1-18-9-4-2-8(3-5-9)7-19-12(17)13-6-10(14)11(15)16/h2-5,10,14H,6-7H2,1H3,(H,13,17)(H,15,16)/t10-/m1/s1. The molecule has 0 aromatic heterocycles. The summed E-state index contributed by atoms with van der Waals surface area (Å²) in [5.41, 5.74) is 0.759. The van der Waals surface area contributed by atoms with Crippen LogP contribution in [0.15, 0.2) is 24.3 Å². The molecule has 1 rings (SSSR count). The molecule has 104 valence electrons. The number of hydrogen-bond donors (Lipinski definition) is 3. The number of aliphatic carboxylic acids is 1. The van der Waals surface area contributed by atoms with E-state index in [1.807, 2.05) is 0 Å². The van der Waals surface area contributed by atoms with Gasteiger partial charge in [-0.3, -0.25) is 0 Å². The summed E-state index contributed by atoms with van der Waals surface area (Å²) in [6, 6.07) is 6.92. The molecule has 0 spiro atoms. The minimum absolute atomic E-state index is 0.0407. The molecule has 1 amide bonds. The van der Waals surface area contributed by atoms with Crippen molar-refractivity contribution in [2.24, 2.45) is 0 Å². The van der Waals surface area contributed by atoms with Gasteiger partial charge in [-0.05, 0) is 17.7 Å². The van der Waals surface area contributed by atoms with E-state index >= 15 is 0 Å². The van der Waals surface area contributed by atoms with Crippen LogP contribution in [0.4, 0.5) is 4.79 Å². The van der Waals surface area contributed by atoms with Gasteiger partial charge in [0.2, 0.25) is 0 Å². The zero-order valence-corrected chi connectivity index (χ0v) is 10.3. The molecule has 0 fully saturated rings. The number of amides is 1. The number of aliphatic hydroxyl groups is 1. The highest BCUT2D eigenvalue weighted by atomic mass is 16.5. The molecule has 0 radical (unpaired) electrons. The molecule has 0 saturated carbocycles. The lowest BCUT2D eigenvalue weighted by Gasteiger charge is -2.09. The Morgan fingerprint density at radius 2 is 1.95 bits per heavy atom. The number of aliphatic hydroxyl groups excluding tert-OH is 1. The number of ether oxygens (including phenoxy) is 2. The number of carboxylic acid groups (broad SMARTS) is 1. The highest BCUT2D eigenvalue weighted by molar-refractivity contribution is 5.74. The highest BCUT2D eigenvalue weighted by Crippen LogP contribution is 2.11. The smallest absolute Gasteiger partial charge is 0.407 e. The van der Waals surface area contributed by atoms with Crippen LogP contribution in [0.2, 0.25) is 0 Å². The zero-order valence-electron chi connectivity index (χ0n) is 10.3. The van der Waals surface area contributed by atoms with E-state index in [4.69, 9.17) is 19.7 Å². The third-order valence-electron chi connectivity index (χ3n) is 2.25. The van der Waals surface area contributed by atoms with E-state index in [9.17, 15) is 9.59 Å². The Labute approximate surface area is 109 Å². The minimum Gasteiger partial charge on any atom is -0.497 e. The Morgan fingerprint density at radius 1 is 1.32 bits per heavy atom. The lowest BCUT2D eigenvalue weighted by molar-refractivity contribution is -0.146. The van der Waals surface area contributed by atoms with Crippen molar-refractivity contribution in [3.8, 4) is 5.75 Å². The minimum atomic E-state index is -1.64. The Bertz CT molecular complexity index is 430. The van der Waals surface area contributed by atoms with E-state index in [0.29, 0.717) is 5.75 Å². The van der Waals surface area contributed by atoms with Gasteiger partial charge in [0.05, 0.1) is 13.7 Å². The lowest BCUT2D eigenvalue weighted by atomic mass is 10.2. The molecule has 0 aliphatic rings. The monoisotopic (exact) mass is 269 g/mol. The van der Waals surface area contributed by atoms with E-state index in [1.54, 1.807) is 31.4 Å². The van der Waals surface area contributed by atoms with Crippen LogP contribution in [-0.4, -0.2) is 42.0 Å². The molecule has 0 saturated heterocycles. The van der Waals surface area contributed by atoms with Crippen molar-refractivity contribution in [2.45, 2.75) is 12.7 Å². The number of hydrogen-bond acceptors (Lipinski definition) is 5. The van der Waals surface area contributed by atoms with Gasteiger partial charge in [0.15, 0.2) is 6.10 Å². The average molecular weight is 269 g/mol. The molecule has 1 aromatic carbocycles. The normalized spacial score (nSPS) is 11.5. The van der Waals surface area contributed by atoms with Gasteiger partial charge in [-0.1, -0.05) is 12.1 Å². The second-order valence-corrected chi connectivity index (χ2v) is 3.66. The third-order valence-corrected chi connectivity index (χ3v) is 2.25. The van der Waals surface area contributed by atoms with Crippen molar-refractivity contribution in [1.29, 1.82) is 0 Å². The molecule has 19 heavy (non-hydrogen) atoms. The Morgan fingerprint density at radius 3 is 2.47 bits per heavy atom. The summed E-state index contributed by atoms with van der Waals surface area (Å²) in [4.78, 5) is 21.5. The molecule has 0 unspecified atom stereocenters. The van der Waals surface area contributed by atoms with Crippen LogP contribution in [0.5, 0.6) is 5.75 Å². The zero-order chi connectivity index (χ0) is 14.3. The molecule has 1 atom stereocenters. The molecule has 0 aliphatic heterocycles. The Balaban J connectivity index is 2.31. The van der Waals surface area contributed by atoms with Crippen molar-refractivity contribution in [1.82, 2.24) is 5.32 Å². The number of carbonyl (C=O) groups is 2. The predicted molar refractivity (Wildman–Crippen MR) is 64.8 cm³/mol. The third kappa shape index (κ3) is 5.26. The first-order valence-corrected chi connectivity index (χ1v) is 5.47. The molecule has 7 heteroatoms. The number of nitrogens with one attached hydrogen (secondary N) is 1. The molecule has 7 nitrogen and oxygen atoms in total. The number of carboxylic acids is 1. The highest BCUT2D eigenvalue weighted by Gasteiger charge is 2.14. The molecule has 0 heterocycles. The fraction of sp³-hybridized carbons (Fsp3) is 0.333. The van der Waals surface area contributed by atoms with Gasteiger partial charge in [-0.2, -0.15) is 0 Å². The van der Waals surface area contributed by atoms with Crippen molar-refractivity contribution < 1.29 is 29.3 Å². The van der Waals surface area contributed by atoms with Crippen LogP contribution >= 0.6 is 0 Å². The van der Waals surface area contributed by atoms with Crippen LogP contribution in [0.1, 0.15) is 5.56 Å². The SMILES string of the molecule is COc1ccc(COC(=O)NC[C@@H](O)C(=O)O)cc1. The summed E-state index contributed by atoms with van der Waals surface area (Å²) in [6.07, 6.45) is -2.44. The van der Waals surface area contributed by atoms with E-state index in [-0.39, 0.29) is 6.61 Å². The van der Waals surface area contributed by atoms with Gasteiger partial charge in [0.25, 0.3) is 0 Å². The van der Waals surface area contributed by atoms with Gasteiger partial charge < -0.3 is 25.0 Å². The quantitative estimate of drug-likeness (QED) is 0.689. The summed E-state index contributed by atoms with van der Waals surface area (Å²) < 4.78 is 9.82. The molecule has 3 N–H and O–H groups in total. The summed E-state index contributed by atoms with van der Waals surface area (Å²) >= 11 is 0. The van der Waals surface area contributed by atoms with Crippen LogP contribution < -0.4 is 10.1 Å². The number of benzene rings is 1. The van der Waals surface area contributed by atoms with Gasteiger partial charge in [-0.25, -0.2) is 9.59 Å². The van der Waals surface area contributed by atoms with E-state index in [0.717, 1.165) is 5.56 Å². The maximum atomic E-state index is 11.2. The second kappa shape index (κ2) is 7.22. The van der Waals surface area contributed by atoms with Crippen LogP contribution in [0.25, 0.3) is 0 Å². The predicted octanol–water partition coefficient (Wildman–Crippen LogP) is 0.367. The van der Waals surface area contributed by atoms with E-state index in [1.165, 1.54) is 0 Å². The van der Waals surface area contributed by atoms with E-state index < -0.39 is 24.7 Å². The van der Waals surface area contributed by atoms with Crippen LogP contribution in [0, 0.1) is 0 Å². The first kappa shape index (κ1) is 14.8. The Kier molecular flexibility index (Phi) is 5.62. The topological polar surface area (TPSA) is 105 Å². The largest absolute Gasteiger partial charge is 0.497 e. The molecule has 0 bridgehead atoms. The van der Waals surface area contributed by atoms with Crippen LogP contribution in [-0.2, 0) is 16.1 Å². The van der Waals surface area contributed by atoms with Crippen molar-refractivity contribution in [2.75, 3.05) is 13.7 Å². The maximum absolute atomic E-state index is 11.2. The van der Waals surface area contributed by atoms with Crippen LogP contribution in [0.3, 0.4) is 0 Å². The van der Waals surface area contributed by atoms with Gasteiger partial charge in [0.1, 0.15) is 12.4 Å². The van der Waals surface area contributed by atoms with Gasteiger partial charge in [-0.15, -0.1) is 0 Å². The number of rotatable bonds is 6. The number of methoxy groups -OCH3 is 1. The molecular weight excluding hydrogens is 254 g/mol. The average Bonchev–Trinajstić information content (AvgIpc) is 2.42. The summed E-state index contributed by atoms with van der Waals surface area (Å²) in [5, 5.41) is 19.5. The van der Waals surface area contributed by atoms with Crippen molar-refractivity contribution in [3.05, 3.63) is 29.8 Å². The number of alkyl carbamates (subject to hydrolysis) is 1. The fourth-order valence-corrected chi connectivity index (χ4v) is 1.19. The molecule has 0 aliphatic carbocycles. The second-order valence-electron chi connectivity index (χ2n) is 3.66. The van der Waals surface area contributed by atoms with Crippen molar-refractivity contribution >= 4 is 12.1 Å². The lowest BCUT2D eigenvalue weighted by Crippen LogP contribution is -2.36. The first-order valence-electron chi connectivity index (χ1n) is 5.47. The molecular formula is C12H15NO6. The fourth-order valence-electron chi connectivity index (χ4n) is 1.19. The maximum Gasteiger partial charge on any atom is 0.407 e. The van der Waals surface area contributed by atoms with Gasteiger partial charge in [0, 0.05) is 0 Å². The van der Waals surface area contributed by atoms with Crippen molar-refractivity contribution in [3.63, 3.8) is 0 Å². The summed E-state index contributed by atoms with van der Waals surface area (Å²) in [5.74, 6) is -0.715. The summed E-state index contributed by atoms with van der Waals surface area (Å²) in [7, 11) is 1.55. The molecule has 1 aromatic rings. The van der Waals surface area contributed by atoms with Gasteiger partial charge >= 0.3 is 12.1 Å². The Hall–Kier alpha value is -2.28. The first-order chi connectivity index (χ1) is 9.02. The summed E-state index contributed by atoms with van der Waals surface area (Å²) in [6.45, 7) is -0.365. The number of carbonyl (C=O) groups excluding carboxylic acids is 1.